The number of aliphatic hydroxyl groups is 1. The Hall–Kier alpha value is -4.80. The molecule has 2 aliphatic heterocycles. The number of carbonyl (C=O) groups is 2. The van der Waals surface area contributed by atoms with E-state index in [1.807, 2.05) is 78.9 Å². The summed E-state index contributed by atoms with van der Waals surface area (Å²) in [7, 11) is 0. The number of ether oxygens (including phenoxy) is 2. The third-order valence-corrected chi connectivity index (χ3v) is 9.61. The van der Waals surface area contributed by atoms with Crippen LogP contribution in [-0.2, 0) is 22.6 Å². The Morgan fingerprint density at radius 2 is 1.47 bits per heavy atom. The Morgan fingerprint density at radius 3 is 2.19 bits per heavy atom. The molecule has 0 bridgehead atoms. The van der Waals surface area contributed by atoms with E-state index in [0.717, 1.165) is 38.1 Å². The molecule has 7 rings (SSSR count). The Morgan fingerprint density at radius 1 is 0.766 bits per heavy atom. The first-order valence-electron chi connectivity index (χ1n) is 15.4. The fourth-order valence-corrected chi connectivity index (χ4v) is 6.94. The number of fused-ring (bicyclic) bond motifs is 1. The number of thioether (sulfide) groups is 1. The third kappa shape index (κ3) is 6.57. The summed E-state index contributed by atoms with van der Waals surface area (Å²) in [5.41, 5.74) is 6.24. The maximum Gasteiger partial charge on any atom is 0.261 e. The van der Waals surface area contributed by atoms with Crippen LogP contribution in [0.3, 0.4) is 0 Å². The minimum Gasteiger partial charge on any atom is -0.618 e. The Labute approximate surface area is 276 Å². The van der Waals surface area contributed by atoms with E-state index in [1.165, 1.54) is 22.9 Å². The van der Waals surface area contributed by atoms with Gasteiger partial charge in [0.1, 0.15) is 0 Å². The number of pyridine rings is 1. The molecule has 2 amide bonds. The van der Waals surface area contributed by atoms with Crippen molar-refractivity contribution >= 4 is 23.6 Å². The lowest BCUT2D eigenvalue weighted by Gasteiger charge is -2.36. The van der Waals surface area contributed by atoms with Crippen LogP contribution in [0.1, 0.15) is 61.8 Å². The van der Waals surface area contributed by atoms with E-state index in [-0.39, 0.29) is 37.2 Å². The highest BCUT2D eigenvalue weighted by Gasteiger charge is 2.35. The first-order chi connectivity index (χ1) is 23.0. The van der Waals surface area contributed by atoms with Crippen molar-refractivity contribution in [3.05, 3.63) is 160 Å². The molecule has 1 aromatic heterocycles. The van der Waals surface area contributed by atoms with Gasteiger partial charge in [-0.1, -0.05) is 84.6 Å². The van der Waals surface area contributed by atoms with E-state index in [9.17, 15) is 19.9 Å². The normalized spacial score (nSPS) is 19.2. The van der Waals surface area contributed by atoms with Gasteiger partial charge in [0.25, 0.3) is 16.8 Å². The molecule has 1 fully saturated rings. The average Bonchev–Trinajstić information content (AvgIpc) is 3.36. The Balaban J connectivity index is 1.12. The number of hydrogen-bond acceptors (Lipinski definition) is 7. The van der Waals surface area contributed by atoms with Gasteiger partial charge in [-0.3, -0.25) is 14.5 Å². The van der Waals surface area contributed by atoms with Gasteiger partial charge in [0.2, 0.25) is 0 Å². The van der Waals surface area contributed by atoms with Gasteiger partial charge in [-0.15, -0.1) is 0 Å². The number of carbonyl (C=O) groups excluding carboxylic acids is 2. The molecule has 8 nitrogen and oxygen atoms in total. The van der Waals surface area contributed by atoms with Gasteiger partial charge in [0.15, 0.2) is 12.5 Å². The standard InChI is InChI=1S/C38H32N2O6S/c41-23-25-14-16-27(17-15-25)34-21-31(24-47-35-13-3-4-18-40(35)44)45-38(46-34)30-10-6-9-29(20-30)28-8-5-7-26(19-28)22-39-36(42)32-11-1-2-12-33(32)37(39)43/h1-20,31,34,38,41H,21-24H2. The molecule has 1 N–H and O–H groups in total. The van der Waals surface area contributed by atoms with Gasteiger partial charge in [0, 0.05) is 29.9 Å². The maximum atomic E-state index is 13.0. The molecule has 9 heteroatoms. The fraction of sp³-hybridized carbons (Fsp3) is 0.184. The molecular formula is C38H32N2O6S. The Bertz CT molecular complexity index is 1900. The van der Waals surface area contributed by atoms with E-state index in [0.29, 0.717) is 28.3 Å². The highest BCUT2D eigenvalue weighted by Crippen LogP contribution is 2.40. The largest absolute Gasteiger partial charge is 0.618 e. The molecule has 0 aliphatic carbocycles. The lowest BCUT2D eigenvalue weighted by molar-refractivity contribution is -0.645. The quantitative estimate of drug-likeness (QED) is 0.0834. The van der Waals surface area contributed by atoms with Crippen LogP contribution in [0.2, 0.25) is 0 Å². The van der Waals surface area contributed by atoms with Gasteiger partial charge in [-0.2, -0.15) is 4.73 Å². The molecule has 3 heterocycles. The van der Waals surface area contributed by atoms with E-state index < -0.39 is 6.29 Å². The molecule has 5 aromatic rings. The van der Waals surface area contributed by atoms with Crippen molar-refractivity contribution in [1.82, 2.24) is 4.90 Å². The monoisotopic (exact) mass is 644 g/mol. The summed E-state index contributed by atoms with van der Waals surface area (Å²) >= 11 is 1.45. The number of amides is 2. The van der Waals surface area contributed by atoms with Gasteiger partial charge < -0.3 is 19.8 Å². The van der Waals surface area contributed by atoms with E-state index in [4.69, 9.17) is 9.47 Å². The van der Waals surface area contributed by atoms with Crippen molar-refractivity contribution in [3.63, 3.8) is 0 Å². The zero-order chi connectivity index (χ0) is 32.3. The number of imide groups is 1. The molecule has 47 heavy (non-hydrogen) atoms. The van der Waals surface area contributed by atoms with Crippen LogP contribution in [-0.4, -0.2) is 33.7 Å². The number of aliphatic hydroxyl groups excluding tert-OH is 1. The van der Waals surface area contributed by atoms with Gasteiger partial charge >= 0.3 is 0 Å². The van der Waals surface area contributed by atoms with Crippen molar-refractivity contribution in [2.24, 2.45) is 0 Å². The fourth-order valence-electron chi connectivity index (χ4n) is 6.00. The summed E-state index contributed by atoms with van der Waals surface area (Å²) < 4.78 is 13.9. The van der Waals surface area contributed by atoms with Gasteiger partial charge in [-0.25, -0.2) is 0 Å². The van der Waals surface area contributed by atoms with Crippen LogP contribution in [0.15, 0.2) is 126 Å². The lowest BCUT2D eigenvalue weighted by atomic mass is 9.99. The van der Waals surface area contributed by atoms with Crippen LogP contribution in [0.5, 0.6) is 0 Å². The number of hydrogen-bond donors (Lipinski definition) is 1. The van der Waals surface area contributed by atoms with Gasteiger partial charge in [-0.05, 0) is 58.1 Å². The summed E-state index contributed by atoms with van der Waals surface area (Å²) in [4.78, 5) is 27.2. The molecule has 0 saturated carbocycles. The molecule has 4 aromatic carbocycles. The van der Waals surface area contributed by atoms with E-state index in [2.05, 4.69) is 0 Å². The topological polar surface area (TPSA) is 103 Å². The van der Waals surface area contributed by atoms with Crippen molar-refractivity contribution in [2.75, 3.05) is 5.75 Å². The predicted octanol–water partition coefficient (Wildman–Crippen LogP) is 6.61. The minimum absolute atomic E-state index is 0.0324. The zero-order valence-electron chi connectivity index (χ0n) is 25.4. The number of benzene rings is 4. The van der Waals surface area contributed by atoms with Crippen LogP contribution in [0, 0.1) is 5.21 Å². The smallest absolute Gasteiger partial charge is 0.261 e. The van der Waals surface area contributed by atoms with Crippen molar-refractivity contribution in [1.29, 1.82) is 0 Å². The average molecular weight is 645 g/mol. The third-order valence-electron chi connectivity index (χ3n) is 8.46. The molecule has 3 atom stereocenters. The second-order valence-corrected chi connectivity index (χ2v) is 12.6. The van der Waals surface area contributed by atoms with Crippen LogP contribution >= 0.6 is 11.8 Å². The van der Waals surface area contributed by atoms with Crippen LogP contribution in [0.4, 0.5) is 0 Å². The highest BCUT2D eigenvalue weighted by atomic mass is 32.2. The molecule has 0 radical (unpaired) electrons. The minimum atomic E-state index is -0.659. The van der Waals surface area contributed by atoms with Crippen molar-refractivity contribution in [3.8, 4) is 11.1 Å². The van der Waals surface area contributed by atoms with Crippen molar-refractivity contribution < 1.29 is 28.9 Å². The van der Waals surface area contributed by atoms with Crippen LogP contribution in [0.25, 0.3) is 11.1 Å². The Kier molecular flexibility index (Phi) is 8.86. The summed E-state index contributed by atoms with van der Waals surface area (Å²) in [6, 6.07) is 35.8. The summed E-state index contributed by atoms with van der Waals surface area (Å²) in [6.45, 7) is 0.144. The number of rotatable bonds is 9. The predicted molar refractivity (Wildman–Crippen MR) is 177 cm³/mol. The first-order valence-corrected chi connectivity index (χ1v) is 16.4. The van der Waals surface area contributed by atoms with E-state index >= 15 is 0 Å². The molecular weight excluding hydrogens is 612 g/mol. The highest BCUT2D eigenvalue weighted by molar-refractivity contribution is 7.99. The molecule has 3 unspecified atom stereocenters. The first kappa shape index (κ1) is 30.8. The maximum absolute atomic E-state index is 13.0. The molecule has 236 valence electrons. The van der Waals surface area contributed by atoms with Crippen molar-refractivity contribution in [2.45, 2.75) is 43.1 Å². The zero-order valence-corrected chi connectivity index (χ0v) is 26.2. The molecule has 1 saturated heterocycles. The SMILES string of the molecule is O=C1c2ccccc2C(=O)N1Cc1cccc(-c2cccc(C3OC(CSc4cccc[n+]4[O-])CC(c4ccc(CO)cc4)O3)c2)c1. The molecule has 2 aliphatic rings. The second kappa shape index (κ2) is 13.5. The van der Waals surface area contributed by atoms with Gasteiger partial charge in [0.05, 0.1) is 36.5 Å². The molecule has 0 spiro atoms. The summed E-state index contributed by atoms with van der Waals surface area (Å²) in [5.74, 6) is 0.00191. The number of aromatic nitrogens is 1. The van der Waals surface area contributed by atoms with Crippen LogP contribution < -0.4 is 4.73 Å². The summed E-state index contributed by atoms with van der Waals surface area (Å²) in [6.07, 6.45) is 0.977. The number of nitrogens with zero attached hydrogens (tertiary/aromatic N) is 2. The second-order valence-electron chi connectivity index (χ2n) is 11.6. The summed E-state index contributed by atoms with van der Waals surface area (Å²) in [5, 5.41) is 22.4. The van der Waals surface area contributed by atoms with E-state index in [1.54, 1.807) is 36.4 Å². The lowest BCUT2D eigenvalue weighted by Crippen LogP contribution is -2.32.